The number of allylic oxidation sites excluding steroid dienone is 1. The van der Waals surface area contributed by atoms with Gasteiger partial charge in [-0.25, -0.2) is 0 Å². The van der Waals surface area contributed by atoms with Gasteiger partial charge < -0.3 is 9.84 Å². The highest BCUT2D eigenvalue weighted by Gasteiger charge is 2.60. The second-order valence-electron chi connectivity index (χ2n) is 9.30. The van der Waals surface area contributed by atoms with Crippen LogP contribution in [0.5, 0.6) is 0 Å². The van der Waals surface area contributed by atoms with Crippen molar-refractivity contribution in [3.05, 3.63) is 11.3 Å². The molecule has 4 aliphatic rings. The van der Waals surface area contributed by atoms with Gasteiger partial charge in [-0.2, -0.15) is 0 Å². The third-order valence-corrected chi connectivity index (χ3v) is 8.32. The molecule has 0 aliphatic heterocycles. The first-order valence-corrected chi connectivity index (χ1v) is 9.90. The van der Waals surface area contributed by atoms with Gasteiger partial charge in [0.2, 0.25) is 0 Å². The fourth-order valence-corrected chi connectivity index (χ4v) is 7.03. The number of aliphatic hydroxyl groups excluding tert-OH is 1. The van der Waals surface area contributed by atoms with Crippen molar-refractivity contribution < 1.29 is 19.4 Å². The lowest BCUT2D eigenvalue weighted by Crippen LogP contribution is -2.52. The molecule has 3 fully saturated rings. The number of carbonyl (C=O) groups excluding carboxylic acids is 2. The van der Waals surface area contributed by atoms with Gasteiger partial charge in [0.25, 0.3) is 0 Å². The Morgan fingerprint density at radius 1 is 1.08 bits per heavy atom. The molecular formula is C21H30O4. The molecule has 0 amide bonds. The summed E-state index contributed by atoms with van der Waals surface area (Å²) in [7, 11) is 0. The second-order valence-corrected chi connectivity index (χ2v) is 9.30. The number of esters is 1. The van der Waals surface area contributed by atoms with Crippen LogP contribution in [0, 0.1) is 28.6 Å². The van der Waals surface area contributed by atoms with E-state index in [2.05, 4.69) is 13.8 Å². The van der Waals surface area contributed by atoms with Crippen molar-refractivity contribution in [2.24, 2.45) is 28.6 Å². The number of Topliss-reactive ketones (excluding diaryl/α,β-unsaturated/α-hetero) is 1. The number of ketones is 1. The van der Waals surface area contributed by atoms with Crippen LogP contribution < -0.4 is 0 Å². The maximum atomic E-state index is 12.0. The highest BCUT2D eigenvalue weighted by atomic mass is 16.5. The van der Waals surface area contributed by atoms with E-state index in [9.17, 15) is 14.7 Å². The lowest BCUT2D eigenvalue weighted by atomic mass is 9.47. The minimum atomic E-state index is -0.162. The van der Waals surface area contributed by atoms with Crippen LogP contribution in [-0.4, -0.2) is 23.0 Å². The van der Waals surface area contributed by atoms with Gasteiger partial charge in [0.05, 0.1) is 0 Å². The summed E-state index contributed by atoms with van der Waals surface area (Å²) in [5, 5.41) is 10.4. The first-order valence-electron chi connectivity index (χ1n) is 9.90. The molecule has 6 atom stereocenters. The molecule has 0 heterocycles. The minimum absolute atomic E-state index is 0.0260. The lowest BCUT2D eigenvalue weighted by molar-refractivity contribution is -0.157. The molecular weight excluding hydrogens is 316 g/mol. The van der Waals surface area contributed by atoms with Crippen molar-refractivity contribution in [2.45, 2.75) is 78.2 Å². The van der Waals surface area contributed by atoms with E-state index < -0.39 is 0 Å². The van der Waals surface area contributed by atoms with E-state index in [-0.39, 0.29) is 34.4 Å². The predicted molar refractivity (Wildman–Crippen MR) is 93.8 cm³/mol. The molecule has 3 saturated carbocycles. The Morgan fingerprint density at radius 3 is 2.56 bits per heavy atom. The Morgan fingerprint density at radius 2 is 1.84 bits per heavy atom. The largest absolute Gasteiger partial charge is 0.504 e. The Balaban J connectivity index is 1.65. The summed E-state index contributed by atoms with van der Waals surface area (Å²) in [4.78, 5) is 23.5. The number of hydrogen-bond acceptors (Lipinski definition) is 4. The zero-order valence-electron chi connectivity index (χ0n) is 15.6. The average Bonchev–Trinajstić information content (AvgIpc) is 2.88. The van der Waals surface area contributed by atoms with Crippen molar-refractivity contribution in [2.75, 3.05) is 0 Å². The Kier molecular flexibility index (Phi) is 3.82. The highest BCUT2D eigenvalue weighted by Crippen LogP contribution is 2.66. The number of rotatable bonds is 1. The highest BCUT2D eigenvalue weighted by molar-refractivity contribution is 5.95. The number of aliphatic hydroxyl groups is 1. The first-order chi connectivity index (χ1) is 11.8. The molecule has 0 aromatic rings. The third kappa shape index (κ3) is 2.32. The molecule has 0 aromatic heterocycles. The van der Waals surface area contributed by atoms with E-state index in [1.165, 1.54) is 6.92 Å². The zero-order chi connectivity index (χ0) is 18.0. The molecule has 0 aromatic carbocycles. The SMILES string of the molecule is CC(=O)OC1CC[C@H]2[C@@H]3CCC4=C(O)C(=O)CC[C@]4(C)[C@@H]3CC[C@]12C. The van der Waals surface area contributed by atoms with Crippen LogP contribution in [0.15, 0.2) is 11.3 Å². The molecule has 4 aliphatic carbocycles. The summed E-state index contributed by atoms with van der Waals surface area (Å²) in [6.07, 6.45) is 7.62. The molecule has 0 spiro atoms. The Labute approximate surface area is 150 Å². The van der Waals surface area contributed by atoms with Crippen molar-refractivity contribution >= 4 is 11.8 Å². The molecule has 1 N–H and O–H groups in total. The van der Waals surface area contributed by atoms with Crippen molar-refractivity contribution in [3.63, 3.8) is 0 Å². The Hall–Kier alpha value is -1.32. The molecule has 25 heavy (non-hydrogen) atoms. The predicted octanol–water partition coefficient (Wildman–Crippen LogP) is 4.34. The summed E-state index contributed by atoms with van der Waals surface area (Å²) < 4.78 is 5.69. The third-order valence-electron chi connectivity index (χ3n) is 8.32. The second kappa shape index (κ2) is 5.59. The number of fused-ring (bicyclic) bond motifs is 5. The summed E-state index contributed by atoms with van der Waals surface area (Å²) in [5.74, 6) is 1.60. The van der Waals surface area contributed by atoms with Gasteiger partial charge in [-0.1, -0.05) is 13.8 Å². The van der Waals surface area contributed by atoms with Gasteiger partial charge in [0, 0.05) is 18.8 Å². The normalized spacial score (nSPS) is 46.3. The molecule has 0 radical (unpaired) electrons. The molecule has 138 valence electrons. The van der Waals surface area contributed by atoms with Gasteiger partial charge in [0.15, 0.2) is 11.5 Å². The van der Waals surface area contributed by atoms with Crippen molar-refractivity contribution in [1.82, 2.24) is 0 Å². The van der Waals surface area contributed by atoms with E-state index in [4.69, 9.17) is 4.74 Å². The molecule has 0 saturated heterocycles. The standard InChI is InChI=1S/C21H30O4/c1-12(22)25-18-7-6-14-13-4-5-16-19(24)17(23)9-11-20(16,2)15(13)8-10-21(14,18)3/h13-15,18,24H,4-11H2,1-3H3/t13-,14-,15+,18?,20+,21-/m0/s1. The maximum Gasteiger partial charge on any atom is 0.302 e. The Bertz CT molecular complexity index is 650. The van der Waals surface area contributed by atoms with E-state index in [0.717, 1.165) is 50.5 Å². The fraction of sp³-hybridized carbons (Fsp3) is 0.810. The molecule has 4 rings (SSSR count). The van der Waals surface area contributed by atoms with E-state index in [1.54, 1.807) is 0 Å². The van der Waals surface area contributed by atoms with E-state index >= 15 is 0 Å². The van der Waals surface area contributed by atoms with Gasteiger partial charge in [-0.15, -0.1) is 0 Å². The molecule has 4 nitrogen and oxygen atoms in total. The van der Waals surface area contributed by atoms with Gasteiger partial charge in [-0.3, -0.25) is 9.59 Å². The van der Waals surface area contributed by atoms with Crippen LogP contribution in [0.2, 0.25) is 0 Å². The van der Waals surface area contributed by atoms with Gasteiger partial charge >= 0.3 is 5.97 Å². The zero-order valence-corrected chi connectivity index (χ0v) is 15.6. The molecule has 1 unspecified atom stereocenters. The van der Waals surface area contributed by atoms with Crippen molar-refractivity contribution in [1.29, 1.82) is 0 Å². The van der Waals surface area contributed by atoms with Crippen LogP contribution in [0.4, 0.5) is 0 Å². The van der Waals surface area contributed by atoms with E-state index in [0.29, 0.717) is 24.2 Å². The van der Waals surface area contributed by atoms with Crippen LogP contribution in [0.1, 0.15) is 72.1 Å². The monoisotopic (exact) mass is 346 g/mol. The molecule has 0 bridgehead atoms. The first kappa shape index (κ1) is 17.1. The summed E-state index contributed by atoms with van der Waals surface area (Å²) in [5.41, 5.74) is 1.10. The van der Waals surface area contributed by atoms with E-state index in [1.807, 2.05) is 0 Å². The summed E-state index contributed by atoms with van der Waals surface area (Å²) >= 11 is 0. The smallest absolute Gasteiger partial charge is 0.302 e. The van der Waals surface area contributed by atoms with Crippen LogP contribution in [0.25, 0.3) is 0 Å². The topological polar surface area (TPSA) is 63.6 Å². The maximum absolute atomic E-state index is 12.0. The van der Waals surface area contributed by atoms with Crippen LogP contribution in [0.3, 0.4) is 0 Å². The number of hydrogen-bond donors (Lipinski definition) is 1. The average molecular weight is 346 g/mol. The van der Waals surface area contributed by atoms with Gasteiger partial charge in [0.1, 0.15) is 6.10 Å². The number of ether oxygens (including phenoxy) is 1. The van der Waals surface area contributed by atoms with Crippen LogP contribution in [-0.2, 0) is 14.3 Å². The van der Waals surface area contributed by atoms with Crippen molar-refractivity contribution in [3.8, 4) is 0 Å². The quantitative estimate of drug-likeness (QED) is 0.718. The molecule has 4 heteroatoms. The summed E-state index contributed by atoms with van der Waals surface area (Å²) in [6.45, 7) is 6.12. The summed E-state index contributed by atoms with van der Waals surface area (Å²) in [6, 6.07) is 0. The lowest BCUT2D eigenvalue weighted by Gasteiger charge is -2.57. The minimum Gasteiger partial charge on any atom is -0.504 e. The number of carbonyl (C=O) groups is 2. The van der Waals surface area contributed by atoms with Crippen LogP contribution >= 0.6 is 0 Å². The fourth-order valence-electron chi connectivity index (χ4n) is 7.03. The van der Waals surface area contributed by atoms with Gasteiger partial charge in [-0.05, 0) is 73.7 Å².